The van der Waals surface area contributed by atoms with Crippen molar-refractivity contribution in [2.24, 2.45) is 4.99 Å². The van der Waals surface area contributed by atoms with Gasteiger partial charge in [0.1, 0.15) is 0 Å². The lowest BCUT2D eigenvalue weighted by atomic mass is 10.3. The Labute approximate surface area is 139 Å². The lowest BCUT2D eigenvalue weighted by Gasteiger charge is -2.19. The first-order valence-electron chi connectivity index (χ1n) is 6.86. The van der Waals surface area contributed by atoms with E-state index in [4.69, 9.17) is 0 Å². The number of likely N-dealkylation sites (N-methyl/N-ethyl adjacent to an activating group) is 1. The zero-order chi connectivity index (χ0) is 13.9. The summed E-state index contributed by atoms with van der Waals surface area (Å²) in [6.45, 7) is 9.12. The van der Waals surface area contributed by atoms with E-state index in [9.17, 15) is 0 Å². The molecule has 0 amide bonds. The second-order valence-corrected chi connectivity index (χ2v) is 4.20. The van der Waals surface area contributed by atoms with Crippen molar-refractivity contribution < 1.29 is 0 Å². The third-order valence-electron chi connectivity index (χ3n) is 3.00. The minimum Gasteiger partial charge on any atom is -0.355 e. The first kappa shape index (κ1) is 19.1. The number of halogens is 1. The molecule has 0 aliphatic carbocycles. The van der Waals surface area contributed by atoms with Gasteiger partial charge in [0.15, 0.2) is 5.96 Å². The van der Waals surface area contributed by atoms with Gasteiger partial charge in [0.05, 0.1) is 12.2 Å². The van der Waals surface area contributed by atoms with Gasteiger partial charge in [0, 0.05) is 26.3 Å². The molecule has 1 aromatic heterocycles. The van der Waals surface area contributed by atoms with Gasteiger partial charge in [0.25, 0.3) is 0 Å². The summed E-state index contributed by atoms with van der Waals surface area (Å²) in [5.41, 5.74) is 1.01. The highest BCUT2D eigenvalue weighted by Crippen LogP contribution is 1.91. The van der Waals surface area contributed by atoms with Gasteiger partial charge in [-0.05, 0) is 25.2 Å². The number of pyridine rings is 1. The monoisotopic (exact) mass is 391 g/mol. The molecule has 1 rings (SSSR count). The summed E-state index contributed by atoms with van der Waals surface area (Å²) in [7, 11) is 1.78. The summed E-state index contributed by atoms with van der Waals surface area (Å²) in [6.07, 6.45) is 1.80. The highest BCUT2D eigenvalue weighted by Gasteiger charge is 2.01. The maximum Gasteiger partial charge on any atom is 0.191 e. The molecule has 0 radical (unpaired) electrons. The van der Waals surface area contributed by atoms with Crippen LogP contribution in [0.1, 0.15) is 19.5 Å². The lowest BCUT2D eigenvalue weighted by Crippen LogP contribution is -2.41. The molecule has 5 nitrogen and oxygen atoms in total. The molecule has 1 heterocycles. The van der Waals surface area contributed by atoms with Crippen LogP contribution in [0.2, 0.25) is 0 Å². The third-order valence-corrected chi connectivity index (χ3v) is 3.00. The summed E-state index contributed by atoms with van der Waals surface area (Å²) >= 11 is 0. The van der Waals surface area contributed by atoms with Crippen LogP contribution in [0.3, 0.4) is 0 Å². The average molecular weight is 391 g/mol. The Morgan fingerprint density at radius 3 is 2.55 bits per heavy atom. The third kappa shape index (κ3) is 7.64. The predicted octanol–water partition coefficient (Wildman–Crippen LogP) is 1.71. The van der Waals surface area contributed by atoms with E-state index in [-0.39, 0.29) is 24.0 Å². The van der Waals surface area contributed by atoms with Crippen LogP contribution in [0.4, 0.5) is 0 Å². The van der Waals surface area contributed by atoms with Gasteiger partial charge in [-0.25, -0.2) is 0 Å². The van der Waals surface area contributed by atoms with Crippen molar-refractivity contribution in [1.82, 2.24) is 20.5 Å². The zero-order valence-corrected chi connectivity index (χ0v) is 14.9. The highest BCUT2D eigenvalue weighted by molar-refractivity contribution is 14.0. The van der Waals surface area contributed by atoms with E-state index in [2.05, 4.69) is 39.4 Å². The molecule has 114 valence electrons. The van der Waals surface area contributed by atoms with Gasteiger partial charge in [-0.15, -0.1) is 24.0 Å². The molecule has 0 aromatic carbocycles. The molecule has 0 bridgehead atoms. The average Bonchev–Trinajstić information content (AvgIpc) is 2.48. The molecule has 0 unspecified atom stereocenters. The minimum absolute atomic E-state index is 0. The van der Waals surface area contributed by atoms with Gasteiger partial charge in [-0.3, -0.25) is 9.98 Å². The Bertz CT molecular complexity index is 365. The summed E-state index contributed by atoms with van der Waals surface area (Å²) < 4.78 is 0. The summed E-state index contributed by atoms with van der Waals surface area (Å²) in [4.78, 5) is 10.8. The van der Waals surface area contributed by atoms with Crippen LogP contribution in [0.15, 0.2) is 29.4 Å². The molecule has 0 fully saturated rings. The molecular formula is C14H26IN5. The fraction of sp³-hybridized carbons (Fsp3) is 0.571. The van der Waals surface area contributed by atoms with Crippen LogP contribution in [-0.4, -0.2) is 49.1 Å². The summed E-state index contributed by atoms with van der Waals surface area (Å²) in [5, 5.41) is 6.56. The molecule has 20 heavy (non-hydrogen) atoms. The molecule has 1 aromatic rings. The van der Waals surface area contributed by atoms with Crippen molar-refractivity contribution in [2.75, 3.05) is 33.2 Å². The van der Waals surface area contributed by atoms with Crippen LogP contribution in [-0.2, 0) is 6.54 Å². The predicted molar refractivity (Wildman–Crippen MR) is 95.6 cm³/mol. The smallest absolute Gasteiger partial charge is 0.191 e. The zero-order valence-electron chi connectivity index (χ0n) is 12.6. The number of guanidine groups is 1. The van der Waals surface area contributed by atoms with Crippen LogP contribution in [0.25, 0.3) is 0 Å². The van der Waals surface area contributed by atoms with Crippen molar-refractivity contribution in [2.45, 2.75) is 20.4 Å². The molecular weight excluding hydrogens is 365 g/mol. The van der Waals surface area contributed by atoms with Crippen molar-refractivity contribution in [3.63, 3.8) is 0 Å². The van der Waals surface area contributed by atoms with Gasteiger partial charge >= 0.3 is 0 Å². The number of hydrogen-bond acceptors (Lipinski definition) is 3. The lowest BCUT2D eigenvalue weighted by molar-refractivity contribution is 0.308. The second-order valence-electron chi connectivity index (χ2n) is 4.20. The molecule has 0 saturated carbocycles. The number of aliphatic imine (C=N–C) groups is 1. The first-order valence-corrected chi connectivity index (χ1v) is 6.86. The Morgan fingerprint density at radius 2 is 2.00 bits per heavy atom. The van der Waals surface area contributed by atoms with Crippen molar-refractivity contribution >= 4 is 29.9 Å². The SMILES string of the molecule is CCN(CC)CCNC(=NC)NCc1ccccn1.I. The molecule has 0 atom stereocenters. The van der Waals surface area contributed by atoms with Crippen LogP contribution >= 0.6 is 24.0 Å². The Kier molecular flexibility index (Phi) is 11.4. The topological polar surface area (TPSA) is 52.5 Å². The van der Waals surface area contributed by atoms with E-state index in [1.54, 1.807) is 13.2 Å². The van der Waals surface area contributed by atoms with Gasteiger partial charge in [-0.2, -0.15) is 0 Å². The van der Waals surface area contributed by atoms with E-state index in [1.165, 1.54) is 0 Å². The Balaban J connectivity index is 0.00000361. The molecule has 0 saturated heterocycles. The van der Waals surface area contributed by atoms with Gasteiger partial charge < -0.3 is 15.5 Å². The van der Waals surface area contributed by atoms with E-state index in [1.807, 2.05) is 18.2 Å². The van der Waals surface area contributed by atoms with Gasteiger partial charge in [-0.1, -0.05) is 19.9 Å². The Morgan fingerprint density at radius 1 is 1.25 bits per heavy atom. The van der Waals surface area contributed by atoms with Crippen molar-refractivity contribution in [3.05, 3.63) is 30.1 Å². The van der Waals surface area contributed by atoms with Crippen molar-refractivity contribution in [3.8, 4) is 0 Å². The maximum absolute atomic E-state index is 4.27. The number of hydrogen-bond donors (Lipinski definition) is 2. The fourth-order valence-corrected chi connectivity index (χ4v) is 1.77. The quantitative estimate of drug-likeness (QED) is 0.422. The van der Waals surface area contributed by atoms with Crippen LogP contribution in [0.5, 0.6) is 0 Å². The van der Waals surface area contributed by atoms with E-state index in [0.717, 1.165) is 37.8 Å². The largest absolute Gasteiger partial charge is 0.355 e. The van der Waals surface area contributed by atoms with Crippen molar-refractivity contribution in [1.29, 1.82) is 0 Å². The molecule has 6 heteroatoms. The molecule has 0 aliphatic heterocycles. The van der Waals surface area contributed by atoms with Gasteiger partial charge in [0.2, 0.25) is 0 Å². The van der Waals surface area contributed by atoms with E-state index in [0.29, 0.717) is 6.54 Å². The Hall–Kier alpha value is -0.890. The second kappa shape index (κ2) is 11.9. The van der Waals surface area contributed by atoms with E-state index >= 15 is 0 Å². The number of nitrogens with one attached hydrogen (secondary N) is 2. The number of rotatable bonds is 7. The standard InChI is InChI=1S/C14H25N5.HI/c1-4-19(5-2)11-10-17-14(15-3)18-12-13-8-6-7-9-16-13;/h6-9H,4-5,10-12H2,1-3H3,(H2,15,17,18);1H. The molecule has 0 aliphatic rings. The summed E-state index contributed by atoms with van der Waals surface area (Å²) in [6, 6.07) is 5.90. The maximum atomic E-state index is 4.27. The minimum atomic E-state index is 0. The van der Waals surface area contributed by atoms with Crippen LogP contribution in [0, 0.1) is 0 Å². The number of nitrogens with zero attached hydrogens (tertiary/aromatic N) is 3. The normalized spacial score (nSPS) is 11.1. The summed E-state index contributed by atoms with van der Waals surface area (Å²) in [5.74, 6) is 0.817. The van der Waals surface area contributed by atoms with E-state index < -0.39 is 0 Å². The molecule has 2 N–H and O–H groups in total. The highest BCUT2D eigenvalue weighted by atomic mass is 127. The van der Waals surface area contributed by atoms with Crippen LogP contribution < -0.4 is 10.6 Å². The first-order chi connectivity index (χ1) is 9.30. The number of aromatic nitrogens is 1. The fourth-order valence-electron chi connectivity index (χ4n) is 1.77. The molecule has 0 spiro atoms.